The number of hydrogen-bond acceptors (Lipinski definition) is 4. The first-order valence-electron chi connectivity index (χ1n) is 21.4. The summed E-state index contributed by atoms with van der Waals surface area (Å²) in [4.78, 5) is 9.49. The number of fused-ring (bicyclic) bond motifs is 1. The quantitative estimate of drug-likeness (QED) is 0.116. The van der Waals surface area contributed by atoms with E-state index in [4.69, 9.17) is 9.98 Å². The fraction of sp³-hybridized carbons (Fsp3) is 0.0909. The Balaban J connectivity index is 0.976. The van der Waals surface area contributed by atoms with E-state index < -0.39 is 60.1 Å². The summed E-state index contributed by atoms with van der Waals surface area (Å²) in [6.45, 7) is 0. The number of nitrogens with zero attached hydrogens (tertiary/aromatic N) is 2. The fourth-order valence-electron chi connectivity index (χ4n) is 8.88. The molecule has 0 spiro atoms. The van der Waals surface area contributed by atoms with E-state index in [-0.39, 0.29) is 11.1 Å². The predicted octanol–water partition coefficient (Wildman–Crippen LogP) is 13.6. The summed E-state index contributed by atoms with van der Waals surface area (Å²) >= 11 is 0. The van der Waals surface area contributed by atoms with Crippen molar-refractivity contribution in [2.75, 3.05) is 0 Å². The van der Waals surface area contributed by atoms with Crippen molar-refractivity contribution >= 4 is 51.3 Å². The van der Waals surface area contributed by atoms with E-state index in [2.05, 4.69) is 5.32 Å². The summed E-state index contributed by atoms with van der Waals surface area (Å²) in [6.07, 6.45) is 1.27. The number of allylic oxidation sites excluding steroid dienone is 8. The molecular formula is C55H38F6N3OP. The van der Waals surface area contributed by atoms with Crippen molar-refractivity contribution in [1.29, 1.82) is 0 Å². The van der Waals surface area contributed by atoms with Gasteiger partial charge in [-0.2, -0.15) is 0 Å². The van der Waals surface area contributed by atoms with Gasteiger partial charge in [-0.3, -0.25) is 0 Å². The molecule has 10 rings (SSSR count). The standard InChI is InChI=1S/C55H38F6N3OP/c56-38-25-19-36(20-26-38)54-62-53(63-55(64-54)37-21-27-39(57)28-22-37)35-17-15-33(16-18-35)43-31-32-46(45-14-8-7-13-44(43)45)48-51(60)49(58)47(50(59)52(48)61)34-23-29-42(30-24-34)66(65,40-9-3-1-4-10-40)41-11-5-2-6-12-41/h1-5,7-11,13-32,49,51,54H,6,12H2,(H,62,63,64). The van der Waals surface area contributed by atoms with Gasteiger partial charge in [-0.25, -0.2) is 36.3 Å². The molecule has 0 aromatic heterocycles. The monoisotopic (exact) mass is 901 g/mol. The van der Waals surface area contributed by atoms with Crippen LogP contribution in [-0.4, -0.2) is 24.0 Å². The molecule has 1 aliphatic heterocycles. The molecule has 4 atom stereocenters. The van der Waals surface area contributed by atoms with Crippen molar-refractivity contribution in [1.82, 2.24) is 5.32 Å². The van der Waals surface area contributed by atoms with Crippen LogP contribution in [0.1, 0.15) is 46.8 Å². The van der Waals surface area contributed by atoms with E-state index in [1.165, 1.54) is 54.6 Å². The Morgan fingerprint density at radius 2 is 1.09 bits per heavy atom. The van der Waals surface area contributed by atoms with E-state index in [0.717, 1.165) is 17.3 Å². The third-order valence-electron chi connectivity index (χ3n) is 12.2. The molecule has 7 aromatic carbocycles. The molecule has 3 aliphatic rings. The highest BCUT2D eigenvalue weighted by molar-refractivity contribution is 7.82. The minimum atomic E-state index is -3.33. The van der Waals surface area contributed by atoms with Gasteiger partial charge in [0.25, 0.3) is 0 Å². The molecule has 0 fully saturated rings. The zero-order valence-electron chi connectivity index (χ0n) is 35.0. The topological polar surface area (TPSA) is 53.8 Å². The Labute approximate surface area is 377 Å². The number of amidine groups is 2. The van der Waals surface area contributed by atoms with Crippen molar-refractivity contribution in [3.05, 3.63) is 238 Å². The first kappa shape index (κ1) is 42.6. The highest BCUT2D eigenvalue weighted by Gasteiger charge is 2.41. The second-order valence-corrected chi connectivity index (χ2v) is 19.0. The molecular weight excluding hydrogens is 864 g/mol. The molecule has 0 bridgehead atoms. The van der Waals surface area contributed by atoms with Gasteiger partial charge in [-0.05, 0) is 93.1 Å². The van der Waals surface area contributed by atoms with Crippen LogP contribution in [0.25, 0.3) is 33.0 Å². The zero-order valence-corrected chi connectivity index (χ0v) is 35.9. The van der Waals surface area contributed by atoms with Gasteiger partial charge >= 0.3 is 0 Å². The van der Waals surface area contributed by atoms with E-state index in [1.54, 1.807) is 78.9 Å². The van der Waals surface area contributed by atoms with Crippen LogP contribution in [0.4, 0.5) is 26.3 Å². The number of nitrogens with one attached hydrogen (secondary N) is 1. The molecule has 0 radical (unpaired) electrons. The average molecular weight is 902 g/mol. The Morgan fingerprint density at radius 3 is 1.76 bits per heavy atom. The van der Waals surface area contributed by atoms with E-state index in [0.29, 0.717) is 61.7 Å². The molecule has 66 heavy (non-hydrogen) atoms. The summed E-state index contributed by atoms with van der Waals surface area (Å²) in [7, 11) is -3.33. The zero-order chi connectivity index (χ0) is 45.5. The summed E-state index contributed by atoms with van der Waals surface area (Å²) < 4.78 is 108. The lowest BCUT2D eigenvalue weighted by atomic mass is 9.83. The number of alkyl halides is 2. The first-order valence-corrected chi connectivity index (χ1v) is 23.1. The Kier molecular flexibility index (Phi) is 11.4. The highest BCUT2D eigenvalue weighted by atomic mass is 31.2. The summed E-state index contributed by atoms with van der Waals surface area (Å²) in [6, 6.07) is 44.0. The second-order valence-electron chi connectivity index (χ2n) is 16.2. The van der Waals surface area contributed by atoms with Crippen LogP contribution in [0.3, 0.4) is 0 Å². The second kappa shape index (κ2) is 17.6. The van der Waals surface area contributed by atoms with Gasteiger partial charge in [0.15, 0.2) is 37.0 Å². The molecule has 4 unspecified atom stereocenters. The SMILES string of the molecule is O=P(C1=CC=CCC1)(c1ccccc1)c1ccc(C2=C(F)C(F)=C(c3ccc(-c4ccc(C5=NC(c6ccc(F)cc6)=NC(c6ccc(F)cc6)N5)cc4)c4ccccc34)C(F)C2F)cc1. The van der Waals surface area contributed by atoms with Crippen LogP contribution >= 0.6 is 7.14 Å². The third kappa shape index (κ3) is 7.75. The van der Waals surface area contributed by atoms with E-state index in [1.807, 2.05) is 48.6 Å². The minimum absolute atomic E-state index is 0.0157. The van der Waals surface area contributed by atoms with Crippen LogP contribution in [0.5, 0.6) is 0 Å². The minimum Gasteiger partial charge on any atom is -0.344 e. The lowest BCUT2D eigenvalue weighted by Crippen LogP contribution is -2.33. The molecule has 2 aliphatic carbocycles. The van der Waals surface area contributed by atoms with Crippen molar-refractivity contribution < 1.29 is 30.9 Å². The normalized spacial score (nSPS) is 19.5. The van der Waals surface area contributed by atoms with Gasteiger partial charge in [0.2, 0.25) is 0 Å². The number of halogens is 6. The summed E-state index contributed by atoms with van der Waals surface area (Å²) in [5.41, 5.74) is 1.88. The third-order valence-corrected chi connectivity index (χ3v) is 15.5. The molecule has 1 N–H and O–H groups in total. The number of benzene rings is 7. The maximum absolute atomic E-state index is 16.5. The Hall–Kier alpha value is -7.29. The smallest absolute Gasteiger partial charge is 0.167 e. The molecule has 7 aromatic rings. The molecule has 1 heterocycles. The Morgan fingerprint density at radius 1 is 0.545 bits per heavy atom. The molecule has 0 amide bonds. The van der Waals surface area contributed by atoms with E-state index in [9.17, 15) is 13.3 Å². The van der Waals surface area contributed by atoms with Crippen LogP contribution in [0.2, 0.25) is 0 Å². The average Bonchev–Trinajstić information content (AvgIpc) is 3.37. The molecule has 0 saturated carbocycles. The van der Waals surface area contributed by atoms with Crippen LogP contribution in [0, 0.1) is 11.6 Å². The number of hydrogen-bond donors (Lipinski definition) is 1. The summed E-state index contributed by atoms with van der Waals surface area (Å²) in [5.74, 6) is -2.97. The van der Waals surface area contributed by atoms with Crippen LogP contribution < -0.4 is 15.9 Å². The fourth-order valence-corrected chi connectivity index (χ4v) is 11.7. The molecule has 0 saturated heterocycles. The summed E-state index contributed by atoms with van der Waals surface area (Å²) in [5, 5.41) is 6.10. The van der Waals surface area contributed by atoms with E-state index >= 15 is 17.6 Å². The molecule has 4 nitrogen and oxygen atoms in total. The van der Waals surface area contributed by atoms with Gasteiger partial charge < -0.3 is 9.88 Å². The van der Waals surface area contributed by atoms with Gasteiger partial charge in [-0.15, -0.1) is 0 Å². The van der Waals surface area contributed by atoms with Gasteiger partial charge in [0.05, 0.1) is 0 Å². The van der Waals surface area contributed by atoms with Crippen molar-refractivity contribution in [2.24, 2.45) is 9.98 Å². The number of rotatable bonds is 9. The molecule has 11 heteroatoms. The maximum Gasteiger partial charge on any atom is 0.167 e. The van der Waals surface area contributed by atoms with Crippen molar-refractivity contribution in [3.63, 3.8) is 0 Å². The lowest BCUT2D eigenvalue weighted by molar-refractivity contribution is 0.254. The highest BCUT2D eigenvalue weighted by Crippen LogP contribution is 2.55. The Bertz CT molecular complexity index is 3250. The van der Waals surface area contributed by atoms with Gasteiger partial charge in [-0.1, -0.05) is 146 Å². The van der Waals surface area contributed by atoms with Gasteiger partial charge in [0.1, 0.15) is 23.6 Å². The predicted molar refractivity (Wildman–Crippen MR) is 253 cm³/mol. The van der Waals surface area contributed by atoms with Crippen molar-refractivity contribution in [2.45, 2.75) is 31.4 Å². The lowest BCUT2D eigenvalue weighted by Gasteiger charge is -2.27. The van der Waals surface area contributed by atoms with Crippen LogP contribution in [0.15, 0.2) is 209 Å². The maximum atomic E-state index is 16.5. The van der Waals surface area contributed by atoms with Gasteiger partial charge in [0, 0.05) is 32.9 Å². The molecule has 326 valence electrons. The number of aliphatic imine (C=N–C) groups is 2. The largest absolute Gasteiger partial charge is 0.344 e. The van der Waals surface area contributed by atoms with Crippen LogP contribution in [-0.2, 0) is 4.57 Å². The first-order chi connectivity index (χ1) is 32.1. The van der Waals surface area contributed by atoms with Crippen molar-refractivity contribution in [3.8, 4) is 11.1 Å².